The monoisotopic (exact) mass is 450 g/mol. The van der Waals surface area contributed by atoms with Gasteiger partial charge in [-0.05, 0) is 30.5 Å². The van der Waals surface area contributed by atoms with Gasteiger partial charge >= 0.3 is 0 Å². The van der Waals surface area contributed by atoms with E-state index in [1.165, 1.54) is 48.3 Å². The summed E-state index contributed by atoms with van der Waals surface area (Å²) >= 11 is 1.44. The number of nitrogens with one attached hydrogen (secondary N) is 2. The van der Waals surface area contributed by atoms with Gasteiger partial charge in [0.25, 0.3) is 5.91 Å². The number of amides is 2. The number of hydrogen-bond donors (Lipinski definition) is 2. The number of aryl methyl sites for hydroxylation is 1. The van der Waals surface area contributed by atoms with Crippen LogP contribution >= 0.6 is 11.3 Å². The maximum Gasteiger partial charge on any atom is 0.277 e. The van der Waals surface area contributed by atoms with Gasteiger partial charge in [-0.1, -0.05) is 25.5 Å². The molecule has 0 saturated heterocycles. The molecule has 0 radical (unpaired) electrons. The van der Waals surface area contributed by atoms with E-state index >= 15 is 0 Å². The largest absolute Gasteiger partial charge is 0.325 e. The van der Waals surface area contributed by atoms with E-state index in [0.29, 0.717) is 18.2 Å². The molecule has 9 heteroatoms. The maximum absolute atomic E-state index is 12.5. The molecule has 0 bridgehead atoms. The highest BCUT2D eigenvalue weighted by Gasteiger charge is 2.23. The van der Waals surface area contributed by atoms with Crippen LogP contribution in [-0.2, 0) is 24.2 Å². The first kappa shape index (κ1) is 22.0. The fourth-order valence-electron chi connectivity index (χ4n) is 3.55. The minimum absolute atomic E-state index is 0.0320. The second-order valence-electron chi connectivity index (χ2n) is 7.74. The van der Waals surface area contributed by atoms with Gasteiger partial charge in [0.2, 0.25) is 5.91 Å². The Morgan fingerprint density at radius 1 is 1.16 bits per heavy atom. The molecule has 0 atom stereocenters. The number of carbonyl (C=O) groups is 2. The molecule has 0 aliphatic carbocycles. The molecule has 3 heterocycles. The standard InChI is InChI=1S/C23H26N6O2S/c1-2-3-4-16-5-7-17(8-6-16)26-21(30)15-29-12-9-18-20(14-29)32-23(27-18)28-22(31)19-13-24-10-11-25-19/h5-8,10-11,13H,2-4,9,12,14-15H2,1H3,(H,26,30)(H,27,28,31). The van der Waals surface area contributed by atoms with E-state index in [-0.39, 0.29) is 17.5 Å². The van der Waals surface area contributed by atoms with Crippen molar-refractivity contribution < 1.29 is 9.59 Å². The molecule has 0 fully saturated rings. The summed E-state index contributed by atoms with van der Waals surface area (Å²) in [5, 5.41) is 6.31. The van der Waals surface area contributed by atoms with Gasteiger partial charge in [0.15, 0.2) is 5.13 Å². The van der Waals surface area contributed by atoms with Gasteiger partial charge in [-0.3, -0.25) is 24.8 Å². The number of anilines is 2. The fraction of sp³-hybridized carbons (Fsp3) is 0.348. The topological polar surface area (TPSA) is 100 Å². The van der Waals surface area contributed by atoms with Gasteiger partial charge < -0.3 is 5.32 Å². The smallest absolute Gasteiger partial charge is 0.277 e. The third kappa shape index (κ3) is 5.74. The number of unbranched alkanes of at least 4 members (excludes halogenated alkanes) is 1. The number of fused-ring (bicyclic) bond motifs is 1. The summed E-state index contributed by atoms with van der Waals surface area (Å²) in [6.07, 6.45) is 8.57. The van der Waals surface area contributed by atoms with Crippen LogP contribution in [0.5, 0.6) is 0 Å². The molecule has 0 unspecified atom stereocenters. The molecule has 166 valence electrons. The fourth-order valence-corrected chi connectivity index (χ4v) is 4.60. The van der Waals surface area contributed by atoms with Gasteiger partial charge in [0, 0.05) is 42.5 Å². The zero-order chi connectivity index (χ0) is 22.3. The lowest BCUT2D eigenvalue weighted by molar-refractivity contribution is -0.117. The van der Waals surface area contributed by atoms with Crippen molar-refractivity contribution in [2.75, 3.05) is 23.7 Å². The highest BCUT2D eigenvalue weighted by molar-refractivity contribution is 7.15. The van der Waals surface area contributed by atoms with Crippen molar-refractivity contribution in [1.29, 1.82) is 0 Å². The summed E-state index contributed by atoms with van der Waals surface area (Å²) in [5.41, 5.74) is 3.33. The lowest BCUT2D eigenvalue weighted by atomic mass is 10.1. The predicted molar refractivity (Wildman–Crippen MR) is 125 cm³/mol. The summed E-state index contributed by atoms with van der Waals surface area (Å²) in [6, 6.07) is 8.08. The van der Waals surface area contributed by atoms with Crippen molar-refractivity contribution in [3.8, 4) is 0 Å². The molecular weight excluding hydrogens is 424 g/mol. The molecule has 0 spiro atoms. The minimum atomic E-state index is -0.332. The Morgan fingerprint density at radius 3 is 2.75 bits per heavy atom. The molecule has 2 amide bonds. The number of aromatic nitrogens is 3. The van der Waals surface area contributed by atoms with Crippen LogP contribution in [0.2, 0.25) is 0 Å². The van der Waals surface area contributed by atoms with E-state index in [1.807, 2.05) is 12.1 Å². The third-order valence-electron chi connectivity index (χ3n) is 5.25. The normalized spacial score (nSPS) is 13.4. The molecular formula is C23H26N6O2S. The summed E-state index contributed by atoms with van der Waals surface area (Å²) < 4.78 is 0. The number of carbonyl (C=O) groups excluding carboxylic acids is 2. The van der Waals surface area contributed by atoms with Crippen LogP contribution in [0.15, 0.2) is 42.9 Å². The van der Waals surface area contributed by atoms with Crippen LogP contribution < -0.4 is 10.6 Å². The minimum Gasteiger partial charge on any atom is -0.325 e. The molecule has 4 rings (SSSR count). The van der Waals surface area contributed by atoms with E-state index in [0.717, 1.165) is 35.6 Å². The zero-order valence-electron chi connectivity index (χ0n) is 18.0. The molecule has 32 heavy (non-hydrogen) atoms. The van der Waals surface area contributed by atoms with Crippen LogP contribution in [0.1, 0.15) is 46.4 Å². The summed E-state index contributed by atoms with van der Waals surface area (Å²) in [5.74, 6) is -0.364. The molecule has 0 saturated carbocycles. The third-order valence-corrected chi connectivity index (χ3v) is 6.25. The highest BCUT2D eigenvalue weighted by atomic mass is 32.1. The molecule has 1 aromatic carbocycles. The van der Waals surface area contributed by atoms with E-state index in [2.05, 4.69) is 49.5 Å². The van der Waals surface area contributed by atoms with Crippen LogP contribution in [0, 0.1) is 0 Å². The number of thiazole rings is 1. The molecule has 2 aromatic heterocycles. The summed E-state index contributed by atoms with van der Waals surface area (Å²) in [7, 11) is 0. The Morgan fingerprint density at radius 2 is 2.00 bits per heavy atom. The van der Waals surface area contributed by atoms with Gasteiger partial charge in [-0.2, -0.15) is 0 Å². The first-order valence-corrected chi connectivity index (χ1v) is 11.6. The summed E-state index contributed by atoms with van der Waals surface area (Å²) in [4.78, 5) is 40.4. The Balaban J connectivity index is 1.29. The van der Waals surface area contributed by atoms with Crippen LogP contribution in [-0.4, -0.2) is 44.8 Å². The molecule has 1 aliphatic rings. The van der Waals surface area contributed by atoms with E-state index in [4.69, 9.17) is 0 Å². The second-order valence-corrected chi connectivity index (χ2v) is 8.83. The Bertz CT molecular complexity index is 1070. The van der Waals surface area contributed by atoms with Crippen molar-refractivity contribution >= 4 is 34.0 Å². The molecule has 2 N–H and O–H groups in total. The second kappa shape index (κ2) is 10.4. The van der Waals surface area contributed by atoms with Crippen LogP contribution in [0.3, 0.4) is 0 Å². The Labute approximate surface area is 191 Å². The van der Waals surface area contributed by atoms with E-state index in [1.54, 1.807) is 0 Å². The zero-order valence-corrected chi connectivity index (χ0v) is 18.8. The number of rotatable bonds is 8. The predicted octanol–water partition coefficient (Wildman–Crippen LogP) is 3.52. The highest BCUT2D eigenvalue weighted by Crippen LogP contribution is 2.28. The van der Waals surface area contributed by atoms with Gasteiger partial charge in [-0.25, -0.2) is 9.97 Å². The quantitative estimate of drug-likeness (QED) is 0.545. The number of hydrogen-bond acceptors (Lipinski definition) is 7. The SMILES string of the molecule is CCCCc1ccc(NC(=O)CN2CCc3nc(NC(=O)c4cnccn4)sc3C2)cc1. The van der Waals surface area contributed by atoms with E-state index < -0.39 is 0 Å². The maximum atomic E-state index is 12.5. The van der Waals surface area contributed by atoms with Gasteiger partial charge in [0.1, 0.15) is 5.69 Å². The average molecular weight is 451 g/mol. The van der Waals surface area contributed by atoms with Crippen molar-refractivity contribution in [3.05, 3.63) is 64.7 Å². The van der Waals surface area contributed by atoms with Crippen molar-refractivity contribution in [1.82, 2.24) is 19.9 Å². The Hall–Kier alpha value is -3.17. The van der Waals surface area contributed by atoms with Gasteiger partial charge in [-0.15, -0.1) is 11.3 Å². The first-order valence-electron chi connectivity index (χ1n) is 10.8. The lowest BCUT2D eigenvalue weighted by Crippen LogP contribution is -2.36. The van der Waals surface area contributed by atoms with Gasteiger partial charge in [0.05, 0.1) is 18.4 Å². The summed E-state index contributed by atoms with van der Waals surface area (Å²) in [6.45, 7) is 3.88. The average Bonchev–Trinajstić information content (AvgIpc) is 3.20. The number of benzene rings is 1. The molecule has 8 nitrogen and oxygen atoms in total. The Kier molecular flexibility index (Phi) is 7.18. The van der Waals surface area contributed by atoms with Crippen LogP contribution in [0.25, 0.3) is 0 Å². The van der Waals surface area contributed by atoms with Crippen molar-refractivity contribution in [2.45, 2.75) is 39.2 Å². The van der Waals surface area contributed by atoms with Crippen molar-refractivity contribution in [2.24, 2.45) is 0 Å². The lowest BCUT2D eigenvalue weighted by Gasteiger charge is -2.25. The van der Waals surface area contributed by atoms with Crippen LogP contribution in [0.4, 0.5) is 10.8 Å². The van der Waals surface area contributed by atoms with E-state index in [9.17, 15) is 9.59 Å². The first-order chi connectivity index (χ1) is 15.6. The molecule has 1 aliphatic heterocycles. The van der Waals surface area contributed by atoms with Crippen molar-refractivity contribution in [3.63, 3.8) is 0 Å². The number of nitrogens with zero attached hydrogens (tertiary/aromatic N) is 4. The molecule has 3 aromatic rings.